The van der Waals surface area contributed by atoms with E-state index in [9.17, 15) is 4.79 Å². The van der Waals surface area contributed by atoms with Crippen molar-refractivity contribution in [2.45, 2.75) is 44.7 Å². The molecule has 1 N–H and O–H groups in total. The van der Waals surface area contributed by atoms with Gasteiger partial charge in [0.2, 0.25) is 0 Å². The summed E-state index contributed by atoms with van der Waals surface area (Å²) in [7, 11) is 0. The molecule has 0 aromatic carbocycles. The maximum atomic E-state index is 11.5. The van der Waals surface area contributed by atoms with Gasteiger partial charge >= 0.3 is 0 Å². The van der Waals surface area contributed by atoms with Crippen molar-refractivity contribution in [1.82, 2.24) is 5.32 Å². The zero-order valence-electron chi connectivity index (χ0n) is 7.34. The highest BCUT2D eigenvalue weighted by molar-refractivity contribution is 5.92. The molecule has 0 aromatic heterocycles. The van der Waals surface area contributed by atoms with E-state index >= 15 is 0 Å². The summed E-state index contributed by atoms with van der Waals surface area (Å²) in [5, 5.41) is 3.26. The molecule has 66 valence electrons. The Morgan fingerprint density at radius 2 is 2.33 bits per heavy atom. The van der Waals surface area contributed by atoms with Crippen molar-refractivity contribution in [1.29, 1.82) is 0 Å². The lowest BCUT2D eigenvalue weighted by molar-refractivity contribution is -0.120. The highest BCUT2D eigenvalue weighted by Crippen LogP contribution is 2.21. The number of amidine groups is 1. The van der Waals surface area contributed by atoms with Crippen LogP contribution < -0.4 is 5.32 Å². The molecular weight excluding hydrogens is 152 g/mol. The van der Waals surface area contributed by atoms with Gasteiger partial charge in [0, 0.05) is 6.42 Å². The van der Waals surface area contributed by atoms with Crippen LogP contribution in [0.15, 0.2) is 4.99 Å². The molecule has 1 aliphatic carbocycles. The van der Waals surface area contributed by atoms with Crippen molar-refractivity contribution in [3.8, 4) is 0 Å². The fraction of sp³-hybridized carbons (Fsp3) is 0.778. The standard InChI is InChI=1S/C9H14N2O/c1-6-10-7-4-2-3-5-8(12)9(7)11-6/h7,9H,2-5H2,1H3,(H,10,11). The van der Waals surface area contributed by atoms with E-state index in [1.807, 2.05) is 6.92 Å². The van der Waals surface area contributed by atoms with Crippen molar-refractivity contribution in [2.75, 3.05) is 0 Å². The molecule has 0 aromatic rings. The Morgan fingerprint density at radius 3 is 3.17 bits per heavy atom. The Morgan fingerprint density at radius 1 is 1.50 bits per heavy atom. The van der Waals surface area contributed by atoms with Crippen molar-refractivity contribution in [2.24, 2.45) is 4.99 Å². The summed E-state index contributed by atoms with van der Waals surface area (Å²) >= 11 is 0. The molecule has 1 saturated carbocycles. The number of aliphatic imine (C=N–C) groups is 1. The van der Waals surface area contributed by atoms with Gasteiger partial charge in [0.05, 0.1) is 11.9 Å². The van der Waals surface area contributed by atoms with Gasteiger partial charge in [-0.1, -0.05) is 6.42 Å². The van der Waals surface area contributed by atoms with E-state index in [0.717, 1.165) is 31.5 Å². The van der Waals surface area contributed by atoms with Crippen LogP contribution in [-0.4, -0.2) is 23.7 Å². The van der Waals surface area contributed by atoms with E-state index in [2.05, 4.69) is 10.3 Å². The van der Waals surface area contributed by atoms with Gasteiger partial charge in [-0.05, 0) is 19.8 Å². The predicted octanol–water partition coefficient (Wildman–Crippen LogP) is 0.888. The van der Waals surface area contributed by atoms with E-state index in [1.54, 1.807) is 0 Å². The fourth-order valence-electron chi connectivity index (χ4n) is 2.02. The molecule has 12 heavy (non-hydrogen) atoms. The van der Waals surface area contributed by atoms with Gasteiger partial charge in [0.1, 0.15) is 6.04 Å². The Kier molecular flexibility index (Phi) is 1.87. The maximum absolute atomic E-state index is 11.5. The highest BCUT2D eigenvalue weighted by Gasteiger charge is 2.33. The van der Waals surface area contributed by atoms with Gasteiger partial charge in [0.25, 0.3) is 0 Å². The van der Waals surface area contributed by atoms with Crippen LogP contribution in [0.5, 0.6) is 0 Å². The molecule has 2 atom stereocenters. The summed E-state index contributed by atoms with van der Waals surface area (Å²) in [5.74, 6) is 1.25. The van der Waals surface area contributed by atoms with Gasteiger partial charge in [-0.15, -0.1) is 0 Å². The van der Waals surface area contributed by atoms with Crippen LogP contribution >= 0.6 is 0 Å². The van der Waals surface area contributed by atoms with Gasteiger partial charge in [-0.3, -0.25) is 9.79 Å². The minimum absolute atomic E-state index is 0.0625. The third-order valence-corrected chi connectivity index (χ3v) is 2.63. The predicted molar refractivity (Wildman–Crippen MR) is 47.3 cm³/mol. The number of carbonyl (C=O) groups excluding carboxylic acids is 1. The second-order valence-corrected chi connectivity index (χ2v) is 3.62. The van der Waals surface area contributed by atoms with Gasteiger partial charge in [-0.25, -0.2) is 0 Å². The third-order valence-electron chi connectivity index (χ3n) is 2.63. The number of nitrogens with one attached hydrogen (secondary N) is 1. The van der Waals surface area contributed by atoms with Crippen LogP contribution in [0.2, 0.25) is 0 Å². The topological polar surface area (TPSA) is 41.5 Å². The molecule has 0 spiro atoms. The highest BCUT2D eigenvalue weighted by atomic mass is 16.1. The minimum atomic E-state index is -0.0625. The monoisotopic (exact) mass is 166 g/mol. The van der Waals surface area contributed by atoms with Crippen LogP contribution in [0.25, 0.3) is 0 Å². The average molecular weight is 166 g/mol. The lowest BCUT2D eigenvalue weighted by atomic mass is 10.0. The number of hydrogen-bond acceptors (Lipinski definition) is 3. The Labute approximate surface area is 72.3 Å². The van der Waals surface area contributed by atoms with Crippen molar-refractivity contribution in [3.63, 3.8) is 0 Å². The van der Waals surface area contributed by atoms with Gasteiger partial charge in [0.15, 0.2) is 5.78 Å². The summed E-state index contributed by atoms with van der Waals surface area (Å²) in [6.07, 6.45) is 4.02. The number of ketones is 1. The quantitative estimate of drug-likeness (QED) is 0.580. The van der Waals surface area contributed by atoms with E-state index in [4.69, 9.17) is 0 Å². The second kappa shape index (κ2) is 2.88. The zero-order valence-corrected chi connectivity index (χ0v) is 7.34. The lowest BCUT2D eigenvalue weighted by Crippen LogP contribution is -2.36. The molecule has 3 heteroatoms. The Hall–Kier alpha value is -0.860. The Bertz CT molecular complexity index is 235. The summed E-state index contributed by atoms with van der Waals surface area (Å²) in [6, 6.07) is 0.243. The van der Waals surface area contributed by atoms with Crippen LogP contribution in [0, 0.1) is 0 Å². The number of carbonyl (C=O) groups is 1. The molecule has 1 aliphatic heterocycles. The molecule has 0 bridgehead atoms. The smallest absolute Gasteiger partial charge is 0.159 e. The normalized spacial score (nSPS) is 35.1. The summed E-state index contributed by atoms with van der Waals surface area (Å²) in [6.45, 7) is 1.93. The second-order valence-electron chi connectivity index (χ2n) is 3.62. The van der Waals surface area contributed by atoms with Crippen molar-refractivity contribution in [3.05, 3.63) is 0 Å². The first-order valence-corrected chi connectivity index (χ1v) is 4.61. The zero-order chi connectivity index (χ0) is 8.55. The molecule has 2 rings (SSSR count). The maximum Gasteiger partial charge on any atom is 0.159 e. The molecule has 1 heterocycles. The van der Waals surface area contributed by atoms with Crippen LogP contribution in [0.1, 0.15) is 32.6 Å². The Balaban J connectivity index is 2.17. The number of rotatable bonds is 0. The fourth-order valence-corrected chi connectivity index (χ4v) is 2.02. The molecule has 0 amide bonds. The minimum Gasteiger partial charge on any atom is -0.369 e. The van der Waals surface area contributed by atoms with E-state index in [0.29, 0.717) is 11.8 Å². The largest absolute Gasteiger partial charge is 0.369 e. The molecule has 2 unspecified atom stereocenters. The van der Waals surface area contributed by atoms with Crippen LogP contribution in [0.3, 0.4) is 0 Å². The molecular formula is C9H14N2O. The van der Waals surface area contributed by atoms with Crippen LogP contribution in [-0.2, 0) is 4.79 Å². The average Bonchev–Trinajstić information content (AvgIpc) is 2.33. The van der Waals surface area contributed by atoms with E-state index in [1.165, 1.54) is 0 Å². The third kappa shape index (κ3) is 1.24. The first-order valence-electron chi connectivity index (χ1n) is 4.61. The van der Waals surface area contributed by atoms with E-state index < -0.39 is 0 Å². The number of hydrogen-bond donors (Lipinski definition) is 1. The number of nitrogens with zero attached hydrogens (tertiary/aromatic N) is 1. The first kappa shape index (κ1) is 7.77. The van der Waals surface area contributed by atoms with Crippen molar-refractivity contribution < 1.29 is 4.79 Å². The summed E-state index contributed by atoms with van der Waals surface area (Å²) < 4.78 is 0. The summed E-state index contributed by atoms with van der Waals surface area (Å²) in [4.78, 5) is 15.8. The molecule has 3 nitrogen and oxygen atoms in total. The van der Waals surface area contributed by atoms with Gasteiger partial charge < -0.3 is 5.32 Å². The number of fused-ring (bicyclic) bond motifs is 1. The number of Topliss-reactive ketones (excluding diaryl/α,β-unsaturated/α-hetero) is 1. The molecule has 0 saturated heterocycles. The van der Waals surface area contributed by atoms with Crippen molar-refractivity contribution >= 4 is 11.6 Å². The molecule has 1 fully saturated rings. The molecule has 2 aliphatic rings. The molecule has 0 radical (unpaired) electrons. The lowest BCUT2D eigenvalue weighted by Gasteiger charge is -2.13. The van der Waals surface area contributed by atoms with E-state index in [-0.39, 0.29) is 6.04 Å². The van der Waals surface area contributed by atoms with Crippen LogP contribution in [0.4, 0.5) is 0 Å². The van der Waals surface area contributed by atoms with Gasteiger partial charge in [-0.2, -0.15) is 0 Å². The summed E-state index contributed by atoms with van der Waals surface area (Å²) in [5.41, 5.74) is 0. The SMILES string of the molecule is CC1=NC2C(=O)CCCCC2N1. The first-order chi connectivity index (χ1) is 5.77.